The lowest BCUT2D eigenvalue weighted by molar-refractivity contribution is 0.00992. The summed E-state index contributed by atoms with van der Waals surface area (Å²) in [5.41, 5.74) is 0.911. The third-order valence-electron chi connectivity index (χ3n) is 5.46. The van der Waals surface area contributed by atoms with E-state index >= 15 is 0 Å². The number of nitrogens with zero attached hydrogens (tertiary/aromatic N) is 2. The molecule has 0 aliphatic carbocycles. The first kappa shape index (κ1) is 24.0. The quantitative estimate of drug-likeness (QED) is 0.338. The number of hydrogen-bond acceptors (Lipinski definition) is 4. The molecule has 1 aliphatic rings. The summed E-state index contributed by atoms with van der Waals surface area (Å²) >= 11 is 0. The van der Waals surface area contributed by atoms with E-state index in [1.54, 1.807) is 32.4 Å². The van der Waals surface area contributed by atoms with Gasteiger partial charge in [0.2, 0.25) is 0 Å². The van der Waals surface area contributed by atoms with Crippen LogP contribution in [-0.2, 0) is 15.9 Å². The maximum absolute atomic E-state index is 14.5. The number of benzene rings is 2. The average Bonchev–Trinajstić information content (AvgIpc) is 2.82. The summed E-state index contributed by atoms with van der Waals surface area (Å²) in [5, 5.41) is 3.40. The van der Waals surface area contributed by atoms with Gasteiger partial charge in [0.15, 0.2) is 17.5 Å². The molecule has 0 radical (unpaired) electrons. The van der Waals surface area contributed by atoms with E-state index in [-0.39, 0.29) is 11.6 Å². The number of rotatable bonds is 10. The fourth-order valence-electron chi connectivity index (χ4n) is 3.74. The van der Waals surface area contributed by atoms with E-state index in [4.69, 9.17) is 14.2 Å². The van der Waals surface area contributed by atoms with Crippen molar-refractivity contribution >= 4 is 5.96 Å². The fourth-order valence-corrected chi connectivity index (χ4v) is 3.74. The van der Waals surface area contributed by atoms with E-state index in [1.165, 1.54) is 6.07 Å². The number of guanidine groups is 1. The van der Waals surface area contributed by atoms with Crippen molar-refractivity contribution in [3.05, 3.63) is 59.9 Å². The average molecular weight is 444 g/mol. The van der Waals surface area contributed by atoms with Gasteiger partial charge in [-0.05, 0) is 55.5 Å². The van der Waals surface area contributed by atoms with E-state index in [1.807, 2.05) is 24.3 Å². The number of aliphatic imine (C=N–C) groups is 1. The Morgan fingerprint density at radius 1 is 1.12 bits per heavy atom. The number of hydrogen-bond donors (Lipinski definition) is 1. The Morgan fingerprint density at radius 2 is 1.91 bits per heavy atom. The number of nitrogens with one attached hydrogen (secondary N) is 1. The summed E-state index contributed by atoms with van der Waals surface area (Å²) in [5.74, 6) is 1.38. The normalized spacial score (nSPS) is 15.1. The molecule has 174 valence electrons. The molecule has 1 fully saturated rings. The van der Waals surface area contributed by atoms with Gasteiger partial charge < -0.3 is 24.4 Å². The summed E-state index contributed by atoms with van der Waals surface area (Å²) in [6.07, 6.45) is 3.91. The molecule has 32 heavy (non-hydrogen) atoms. The molecule has 1 N–H and O–H groups in total. The molecule has 0 aromatic heterocycles. The number of para-hydroxylation sites is 1. The van der Waals surface area contributed by atoms with Crippen LogP contribution in [0.15, 0.2) is 53.5 Å². The van der Waals surface area contributed by atoms with Crippen molar-refractivity contribution in [2.75, 3.05) is 47.0 Å². The highest BCUT2D eigenvalue weighted by atomic mass is 19.1. The van der Waals surface area contributed by atoms with Crippen LogP contribution < -0.4 is 10.1 Å². The van der Waals surface area contributed by atoms with Crippen molar-refractivity contribution in [3.8, 4) is 11.5 Å². The largest absolute Gasteiger partial charge is 0.454 e. The molecule has 6 nitrogen and oxygen atoms in total. The van der Waals surface area contributed by atoms with Crippen LogP contribution in [0.3, 0.4) is 0 Å². The van der Waals surface area contributed by atoms with E-state index in [2.05, 4.69) is 15.2 Å². The van der Waals surface area contributed by atoms with Crippen LogP contribution in [0.4, 0.5) is 4.39 Å². The molecular weight excluding hydrogens is 409 g/mol. The second kappa shape index (κ2) is 13.0. The first-order valence-corrected chi connectivity index (χ1v) is 11.3. The highest BCUT2D eigenvalue weighted by molar-refractivity contribution is 5.80. The van der Waals surface area contributed by atoms with Crippen molar-refractivity contribution in [3.63, 3.8) is 0 Å². The lowest BCUT2D eigenvalue weighted by atomic mass is 10.1. The van der Waals surface area contributed by atoms with Gasteiger partial charge in [0.25, 0.3) is 0 Å². The maximum Gasteiger partial charge on any atom is 0.193 e. The minimum absolute atomic E-state index is 0.232. The number of methoxy groups -OCH3 is 1. The standard InChI is InChI=1S/C25H34FN3O3/c1-27-25(29-15-12-21(13-16-29)31-18-6-17-30-2)28-14-11-20-9-10-24(23(26)19-20)32-22-7-4-3-5-8-22/h3-5,7-10,19,21H,6,11-18H2,1-2H3,(H,27,28). The molecule has 1 aliphatic heterocycles. The number of likely N-dealkylation sites (tertiary alicyclic amines) is 1. The molecule has 2 aromatic carbocycles. The van der Waals surface area contributed by atoms with Crippen molar-refractivity contribution in [2.24, 2.45) is 4.99 Å². The Morgan fingerprint density at radius 3 is 2.59 bits per heavy atom. The Labute approximate surface area is 190 Å². The topological polar surface area (TPSA) is 55.3 Å². The molecule has 1 heterocycles. The zero-order valence-corrected chi connectivity index (χ0v) is 19.1. The van der Waals surface area contributed by atoms with Gasteiger partial charge in [-0.3, -0.25) is 4.99 Å². The Bertz CT molecular complexity index is 840. The second-order valence-electron chi connectivity index (χ2n) is 7.81. The minimum Gasteiger partial charge on any atom is -0.454 e. The van der Waals surface area contributed by atoms with E-state index < -0.39 is 0 Å². The van der Waals surface area contributed by atoms with Gasteiger partial charge in [-0.2, -0.15) is 0 Å². The molecule has 0 unspecified atom stereocenters. The zero-order chi connectivity index (χ0) is 22.6. The first-order valence-electron chi connectivity index (χ1n) is 11.3. The summed E-state index contributed by atoms with van der Waals surface area (Å²) < 4.78 is 31.1. The molecule has 0 spiro atoms. The van der Waals surface area contributed by atoms with E-state index in [9.17, 15) is 4.39 Å². The van der Waals surface area contributed by atoms with E-state index in [0.717, 1.165) is 57.1 Å². The molecular formula is C25H34FN3O3. The molecule has 3 rings (SSSR count). The molecule has 0 atom stereocenters. The Hall–Kier alpha value is -2.64. The lowest BCUT2D eigenvalue weighted by Gasteiger charge is -2.34. The summed E-state index contributed by atoms with van der Waals surface area (Å²) in [4.78, 5) is 6.67. The van der Waals surface area contributed by atoms with Gasteiger partial charge >= 0.3 is 0 Å². The highest BCUT2D eigenvalue weighted by Gasteiger charge is 2.21. The van der Waals surface area contributed by atoms with Gasteiger partial charge in [0.1, 0.15) is 5.75 Å². The van der Waals surface area contributed by atoms with Crippen molar-refractivity contribution in [1.82, 2.24) is 10.2 Å². The van der Waals surface area contributed by atoms with Crippen molar-refractivity contribution < 1.29 is 18.6 Å². The molecule has 1 saturated heterocycles. The molecule has 0 saturated carbocycles. The molecule has 7 heteroatoms. The van der Waals surface area contributed by atoms with Gasteiger partial charge in [0, 0.05) is 47.0 Å². The fraction of sp³-hybridized carbons (Fsp3) is 0.480. The van der Waals surface area contributed by atoms with Crippen molar-refractivity contribution in [1.29, 1.82) is 0 Å². The first-order chi connectivity index (χ1) is 15.7. The van der Waals surface area contributed by atoms with Crippen LogP contribution in [0.25, 0.3) is 0 Å². The predicted molar refractivity (Wildman–Crippen MR) is 125 cm³/mol. The third kappa shape index (κ3) is 7.50. The highest BCUT2D eigenvalue weighted by Crippen LogP contribution is 2.25. The smallest absolute Gasteiger partial charge is 0.193 e. The predicted octanol–water partition coefficient (Wildman–Crippen LogP) is 4.25. The van der Waals surface area contributed by atoms with Crippen LogP contribution in [0.5, 0.6) is 11.5 Å². The third-order valence-corrected chi connectivity index (χ3v) is 5.46. The summed E-state index contributed by atoms with van der Waals surface area (Å²) in [6.45, 7) is 3.99. The Kier molecular flexibility index (Phi) is 9.78. The number of halogens is 1. The van der Waals surface area contributed by atoms with Gasteiger partial charge in [-0.25, -0.2) is 4.39 Å². The second-order valence-corrected chi connectivity index (χ2v) is 7.81. The molecule has 0 bridgehead atoms. The van der Waals surface area contributed by atoms with Crippen molar-refractivity contribution in [2.45, 2.75) is 31.8 Å². The lowest BCUT2D eigenvalue weighted by Crippen LogP contribution is -2.47. The van der Waals surface area contributed by atoms with Gasteiger partial charge in [-0.1, -0.05) is 24.3 Å². The van der Waals surface area contributed by atoms with E-state index in [0.29, 0.717) is 24.8 Å². The molecule has 0 amide bonds. The zero-order valence-electron chi connectivity index (χ0n) is 19.1. The Balaban J connectivity index is 1.41. The van der Waals surface area contributed by atoms with Gasteiger partial charge in [-0.15, -0.1) is 0 Å². The monoisotopic (exact) mass is 443 g/mol. The summed E-state index contributed by atoms with van der Waals surface area (Å²) in [7, 11) is 3.51. The van der Waals surface area contributed by atoms with Gasteiger partial charge in [0.05, 0.1) is 6.10 Å². The number of ether oxygens (including phenoxy) is 3. The maximum atomic E-state index is 14.5. The van der Waals surface area contributed by atoms with Crippen LogP contribution in [0.1, 0.15) is 24.8 Å². The SMILES string of the molecule is CN=C(NCCc1ccc(Oc2ccccc2)c(F)c1)N1CCC(OCCCOC)CC1. The number of piperidine rings is 1. The minimum atomic E-state index is -0.358. The summed E-state index contributed by atoms with van der Waals surface area (Å²) in [6, 6.07) is 14.3. The van der Waals surface area contributed by atoms with Crippen LogP contribution >= 0.6 is 0 Å². The van der Waals surface area contributed by atoms with Crippen LogP contribution in [0.2, 0.25) is 0 Å². The van der Waals surface area contributed by atoms with Crippen LogP contribution in [0, 0.1) is 5.82 Å². The molecule has 2 aromatic rings. The van der Waals surface area contributed by atoms with Crippen LogP contribution in [-0.4, -0.2) is 64.0 Å².